The van der Waals surface area contributed by atoms with Crippen LogP contribution in [0.25, 0.3) is 0 Å². The number of carbonyl (C=O) groups excluding carboxylic acids is 1. The summed E-state index contributed by atoms with van der Waals surface area (Å²) < 4.78 is 0. The van der Waals surface area contributed by atoms with Crippen LogP contribution >= 0.6 is 31.9 Å². The van der Waals surface area contributed by atoms with E-state index in [9.17, 15) is 4.79 Å². The van der Waals surface area contributed by atoms with Crippen molar-refractivity contribution in [2.45, 2.75) is 29.4 Å². The fourth-order valence-corrected chi connectivity index (χ4v) is 1.83. The van der Waals surface area contributed by atoms with Crippen LogP contribution < -0.4 is 5.73 Å². The van der Waals surface area contributed by atoms with E-state index in [-0.39, 0.29) is 10.7 Å². The lowest BCUT2D eigenvalue weighted by Gasteiger charge is -2.08. The fraction of sp³-hybridized carbons (Fsp3) is 0.833. The number of halogens is 2. The Labute approximate surface area is 77.8 Å². The zero-order valence-electron chi connectivity index (χ0n) is 5.81. The van der Waals surface area contributed by atoms with Crippen LogP contribution in [0.3, 0.4) is 0 Å². The first kappa shape index (κ1) is 10.4. The summed E-state index contributed by atoms with van der Waals surface area (Å²) in [5.41, 5.74) is 5.03. The highest BCUT2D eigenvalue weighted by atomic mass is 79.9. The highest BCUT2D eigenvalue weighted by Crippen LogP contribution is 2.16. The van der Waals surface area contributed by atoms with Crippen LogP contribution in [0, 0.1) is 0 Å². The van der Waals surface area contributed by atoms with Gasteiger partial charge < -0.3 is 5.73 Å². The van der Waals surface area contributed by atoms with Crippen LogP contribution in [-0.4, -0.2) is 15.6 Å². The van der Waals surface area contributed by atoms with Gasteiger partial charge in [-0.3, -0.25) is 4.79 Å². The molecule has 0 aliphatic heterocycles. The standard InChI is InChI=1S/C6H11Br2NO/c1-2-4(7)3-5(8)6(9)10/h4-5H,2-3H2,1H3,(H2,9,10). The van der Waals surface area contributed by atoms with Gasteiger partial charge in [-0.25, -0.2) is 0 Å². The summed E-state index contributed by atoms with van der Waals surface area (Å²) in [5.74, 6) is -0.294. The van der Waals surface area contributed by atoms with Crippen LogP contribution in [0.4, 0.5) is 0 Å². The Morgan fingerprint density at radius 1 is 1.60 bits per heavy atom. The lowest BCUT2D eigenvalue weighted by atomic mass is 10.2. The monoisotopic (exact) mass is 271 g/mol. The van der Waals surface area contributed by atoms with Crippen molar-refractivity contribution in [2.24, 2.45) is 5.73 Å². The van der Waals surface area contributed by atoms with Gasteiger partial charge in [0.05, 0.1) is 4.83 Å². The van der Waals surface area contributed by atoms with Gasteiger partial charge in [-0.2, -0.15) is 0 Å². The van der Waals surface area contributed by atoms with Gasteiger partial charge in [-0.15, -0.1) is 0 Å². The number of hydrogen-bond donors (Lipinski definition) is 1. The molecule has 0 bridgehead atoms. The minimum Gasteiger partial charge on any atom is -0.369 e. The van der Waals surface area contributed by atoms with Gasteiger partial charge in [0.15, 0.2) is 0 Å². The minimum atomic E-state index is -0.294. The molecule has 0 saturated carbocycles. The van der Waals surface area contributed by atoms with Gasteiger partial charge in [-0.1, -0.05) is 38.8 Å². The van der Waals surface area contributed by atoms with E-state index in [0.29, 0.717) is 4.83 Å². The van der Waals surface area contributed by atoms with Crippen LogP contribution in [0.1, 0.15) is 19.8 Å². The number of alkyl halides is 2. The predicted octanol–water partition coefficient (Wildman–Crippen LogP) is 1.80. The molecule has 0 aromatic rings. The number of nitrogens with two attached hydrogens (primary N) is 1. The molecule has 0 aliphatic rings. The second kappa shape index (κ2) is 5.13. The van der Waals surface area contributed by atoms with Crippen molar-refractivity contribution < 1.29 is 4.79 Å². The Morgan fingerprint density at radius 2 is 2.10 bits per heavy atom. The second-order valence-electron chi connectivity index (χ2n) is 2.11. The van der Waals surface area contributed by atoms with Crippen LogP contribution in [0.2, 0.25) is 0 Å². The van der Waals surface area contributed by atoms with Gasteiger partial charge >= 0.3 is 0 Å². The molecule has 0 spiro atoms. The van der Waals surface area contributed by atoms with E-state index in [4.69, 9.17) is 5.73 Å². The van der Waals surface area contributed by atoms with Crippen molar-refractivity contribution in [1.82, 2.24) is 0 Å². The fourth-order valence-electron chi connectivity index (χ4n) is 0.507. The van der Waals surface area contributed by atoms with E-state index in [1.807, 2.05) is 0 Å². The first-order valence-electron chi connectivity index (χ1n) is 3.15. The maximum Gasteiger partial charge on any atom is 0.231 e. The second-order valence-corrected chi connectivity index (χ2v) is 4.51. The van der Waals surface area contributed by atoms with Gasteiger partial charge in [0.1, 0.15) is 0 Å². The lowest BCUT2D eigenvalue weighted by molar-refractivity contribution is -0.117. The molecule has 0 aromatic carbocycles. The van der Waals surface area contributed by atoms with E-state index < -0.39 is 0 Å². The predicted molar refractivity (Wildman–Crippen MR) is 49.5 cm³/mol. The van der Waals surface area contributed by atoms with E-state index in [1.165, 1.54) is 0 Å². The molecule has 2 atom stereocenters. The van der Waals surface area contributed by atoms with Gasteiger partial charge in [0.25, 0.3) is 0 Å². The average Bonchev–Trinajstić information content (AvgIpc) is 1.87. The van der Waals surface area contributed by atoms with Crippen LogP contribution in [-0.2, 0) is 4.79 Å². The maximum absolute atomic E-state index is 10.5. The molecule has 4 heteroatoms. The molecule has 10 heavy (non-hydrogen) atoms. The van der Waals surface area contributed by atoms with Crippen molar-refractivity contribution in [3.8, 4) is 0 Å². The summed E-state index contributed by atoms with van der Waals surface area (Å²) in [5, 5.41) is 0. The largest absolute Gasteiger partial charge is 0.369 e. The molecule has 2 nitrogen and oxygen atoms in total. The zero-order chi connectivity index (χ0) is 8.15. The molecular formula is C6H11Br2NO. The van der Waals surface area contributed by atoms with Crippen LogP contribution in [0.15, 0.2) is 0 Å². The molecule has 60 valence electrons. The molecule has 1 amide bonds. The van der Waals surface area contributed by atoms with Gasteiger partial charge in [-0.05, 0) is 12.8 Å². The third-order valence-electron chi connectivity index (χ3n) is 1.21. The molecule has 0 aliphatic carbocycles. The van der Waals surface area contributed by atoms with Crippen molar-refractivity contribution in [3.05, 3.63) is 0 Å². The summed E-state index contributed by atoms with van der Waals surface area (Å²) in [4.78, 5) is 10.7. The molecule has 0 saturated heterocycles. The van der Waals surface area contributed by atoms with Crippen molar-refractivity contribution in [2.75, 3.05) is 0 Å². The summed E-state index contributed by atoms with van der Waals surface area (Å²) in [6, 6.07) is 0. The number of hydrogen-bond acceptors (Lipinski definition) is 1. The van der Waals surface area contributed by atoms with E-state index in [2.05, 4.69) is 38.8 Å². The molecule has 2 unspecified atom stereocenters. The Morgan fingerprint density at radius 3 is 2.40 bits per heavy atom. The number of rotatable bonds is 4. The van der Waals surface area contributed by atoms with Gasteiger partial charge in [0, 0.05) is 4.83 Å². The maximum atomic E-state index is 10.5. The molecule has 0 fully saturated rings. The zero-order valence-corrected chi connectivity index (χ0v) is 8.98. The van der Waals surface area contributed by atoms with Crippen LogP contribution in [0.5, 0.6) is 0 Å². The van der Waals surface area contributed by atoms with Crippen molar-refractivity contribution in [1.29, 1.82) is 0 Å². The Hall–Kier alpha value is 0.430. The summed E-state index contributed by atoms with van der Waals surface area (Å²) in [7, 11) is 0. The third-order valence-corrected chi connectivity index (χ3v) is 3.06. The summed E-state index contributed by atoms with van der Waals surface area (Å²) in [6.07, 6.45) is 1.77. The number of primary amides is 1. The van der Waals surface area contributed by atoms with E-state index >= 15 is 0 Å². The minimum absolute atomic E-state index is 0.197. The summed E-state index contributed by atoms with van der Waals surface area (Å²) in [6.45, 7) is 2.06. The summed E-state index contributed by atoms with van der Waals surface area (Å²) >= 11 is 6.59. The van der Waals surface area contributed by atoms with E-state index in [0.717, 1.165) is 12.8 Å². The quantitative estimate of drug-likeness (QED) is 0.780. The normalized spacial score (nSPS) is 16.3. The molecule has 2 N–H and O–H groups in total. The highest BCUT2D eigenvalue weighted by Gasteiger charge is 2.14. The first-order valence-corrected chi connectivity index (χ1v) is 4.98. The van der Waals surface area contributed by atoms with Crippen molar-refractivity contribution >= 4 is 37.8 Å². The molecular weight excluding hydrogens is 262 g/mol. The third kappa shape index (κ3) is 4.28. The average molecular weight is 273 g/mol. The molecule has 0 heterocycles. The number of amides is 1. The Bertz CT molecular complexity index is 118. The Kier molecular flexibility index (Phi) is 5.35. The highest BCUT2D eigenvalue weighted by molar-refractivity contribution is 9.10. The lowest BCUT2D eigenvalue weighted by Crippen LogP contribution is -2.25. The SMILES string of the molecule is CCC(Br)CC(Br)C(N)=O. The molecule has 0 radical (unpaired) electrons. The van der Waals surface area contributed by atoms with E-state index in [1.54, 1.807) is 0 Å². The molecule has 0 rings (SSSR count). The first-order chi connectivity index (χ1) is 4.57. The number of carbonyl (C=O) groups is 1. The van der Waals surface area contributed by atoms with Crippen molar-refractivity contribution in [3.63, 3.8) is 0 Å². The Balaban J connectivity index is 3.56. The topological polar surface area (TPSA) is 43.1 Å². The molecule has 0 aromatic heterocycles. The smallest absolute Gasteiger partial charge is 0.231 e. The van der Waals surface area contributed by atoms with Gasteiger partial charge in [0.2, 0.25) is 5.91 Å².